The van der Waals surface area contributed by atoms with Crippen LogP contribution in [0.4, 0.5) is 5.82 Å². The van der Waals surface area contributed by atoms with Gasteiger partial charge in [0.1, 0.15) is 0 Å². The van der Waals surface area contributed by atoms with Crippen molar-refractivity contribution in [3.63, 3.8) is 0 Å². The van der Waals surface area contributed by atoms with E-state index < -0.39 is 5.91 Å². The van der Waals surface area contributed by atoms with Crippen LogP contribution in [0.3, 0.4) is 0 Å². The average molecular weight is 278 g/mol. The number of nitrogens with two attached hydrogens (primary N) is 1. The molecular formula is C13H12ClN3O2. The molecule has 19 heavy (non-hydrogen) atoms. The summed E-state index contributed by atoms with van der Waals surface area (Å²) in [7, 11) is 0. The smallest absolute Gasteiger partial charge is 0.236 e. The summed E-state index contributed by atoms with van der Waals surface area (Å²) in [6, 6.07) is 8.75. The third kappa shape index (κ3) is 3.35. The lowest BCUT2D eigenvalue weighted by Gasteiger charge is -2.08. The first-order valence-electron chi connectivity index (χ1n) is 5.53. The molecule has 0 bridgehead atoms. The monoisotopic (exact) mass is 277 g/mol. The molecule has 0 fully saturated rings. The number of rotatable bonds is 4. The predicted molar refractivity (Wildman–Crippen MR) is 74.0 cm³/mol. The number of halogens is 1. The molecule has 0 aliphatic carbocycles. The summed E-state index contributed by atoms with van der Waals surface area (Å²) in [4.78, 5) is 14.7. The van der Waals surface area contributed by atoms with Gasteiger partial charge in [0.05, 0.1) is 6.54 Å². The zero-order chi connectivity index (χ0) is 13.8. The van der Waals surface area contributed by atoms with Crippen LogP contribution in [0.1, 0.15) is 0 Å². The molecule has 1 heterocycles. The summed E-state index contributed by atoms with van der Waals surface area (Å²) in [5.74, 6) is -0.372. The summed E-state index contributed by atoms with van der Waals surface area (Å²) in [6.45, 7) is -0.0862. The van der Waals surface area contributed by atoms with Crippen LogP contribution in [-0.2, 0) is 4.79 Å². The highest BCUT2D eigenvalue weighted by molar-refractivity contribution is 6.30. The number of aromatic hydroxyl groups is 1. The lowest BCUT2D eigenvalue weighted by molar-refractivity contribution is -0.116. The second-order valence-corrected chi connectivity index (χ2v) is 4.36. The van der Waals surface area contributed by atoms with Gasteiger partial charge >= 0.3 is 0 Å². The molecule has 98 valence electrons. The maximum atomic E-state index is 10.6. The van der Waals surface area contributed by atoms with Gasteiger partial charge < -0.3 is 16.2 Å². The minimum absolute atomic E-state index is 0.0567. The highest BCUT2D eigenvalue weighted by Gasteiger charge is 2.07. The summed E-state index contributed by atoms with van der Waals surface area (Å²) < 4.78 is 0. The standard InChI is InChI=1S/C13H12ClN3O2/c14-10-3-1-2-8(4-10)9-5-11(18)13(16-6-9)17-7-12(15)19/h1-6,18H,7H2,(H2,15,19)(H,16,17). The van der Waals surface area contributed by atoms with E-state index in [9.17, 15) is 9.90 Å². The molecule has 1 aromatic carbocycles. The molecule has 2 aromatic rings. The molecule has 0 aliphatic rings. The number of benzene rings is 1. The number of pyridine rings is 1. The number of carbonyl (C=O) groups is 1. The Morgan fingerprint density at radius 2 is 2.16 bits per heavy atom. The Balaban J connectivity index is 2.26. The van der Waals surface area contributed by atoms with Crippen LogP contribution in [0.15, 0.2) is 36.5 Å². The van der Waals surface area contributed by atoms with Crippen LogP contribution >= 0.6 is 11.6 Å². The van der Waals surface area contributed by atoms with Gasteiger partial charge in [-0.3, -0.25) is 4.79 Å². The second kappa shape index (κ2) is 5.58. The molecule has 0 spiro atoms. The third-order valence-corrected chi connectivity index (χ3v) is 2.69. The van der Waals surface area contributed by atoms with E-state index >= 15 is 0 Å². The Morgan fingerprint density at radius 1 is 1.37 bits per heavy atom. The highest BCUT2D eigenvalue weighted by atomic mass is 35.5. The van der Waals surface area contributed by atoms with Gasteiger partial charge in [-0.05, 0) is 23.8 Å². The van der Waals surface area contributed by atoms with E-state index in [1.165, 1.54) is 0 Å². The zero-order valence-electron chi connectivity index (χ0n) is 9.93. The molecule has 6 heteroatoms. The summed E-state index contributed by atoms with van der Waals surface area (Å²) in [5, 5.41) is 13.1. The van der Waals surface area contributed by atoms with E-state index in [1.54, 1.807) is 24.4 Å². The molecule has 0 saturated carbocycles. The Kier molecular flexibility index (Phi) is 3.87. The molecule has 4 N–H and O–H groups in total. The molecule has 0 saturated heterocycles. The molecule has 1 amide bonds. The fourth-order valence-corrected chi connectivity index (χ4v) is 1.78. The van der Waals surface area contributed by atoms with Crippen molar-refractivity contribution < 1.29 is 9.90 Å². The van der Waals surface area contributed by atoms with Gasteiger partial charge in [0.15, 0.2) is 11.6 Å². The average Bonchev–Trinajstić information content (AvgIpc) is 2.37. The van der Waals surface area contributed by atoms with Crippen molar-refractivity contribution in [2.75, 3.05) is 11.9 Å². The zero-order valence-corrected chi connectivity index (χ0v) is 10.7. The fraction of sp³-hybridized carbons (Fsp3) is 0.0769. The third-order valence-electron chi connectivity index (χ3n) is 2.46. The van der Waals surface area contributed by atoms with Crippen LogP contribution < -0.4 is 11.1 Å². The fourth-order valence-electron chi connectivity index (χ4n) is 1.59. The van der Waals surface area contributed by atoms with Crippen molar-refractivity contribution in [1.82, 2.24) is 4.98 Å². The van der Waals surface area contributed by atoms with E-state index in [0.29, 0.717) is 5.02 Å². The Labute approximate surface area is 115 Å². The van der Waals surface area contributed by atoms with E-state index in [4.69, 9.17) is 17.3 Å². The number of hydrogen-bond acceptors (Lipinski definition) is 4. The second-order valence-electron chi connectivity index (χ2n) is 3.92. The van der Waals surface area contributed by atoms with Gasteiger partial charge in [-0.1, -0.05) is 23.7 Å². The largest absolute Gasteiger partial charge is 0.504 e. The van der Waals surface area contributed by atoms with Crippen molar-refractivity contribution in [1.29, 1.82) is 0 Å². The first-order valence-corrected chi connectivity index (χ1v) is 5.91. The number of hydrogen-bond donors (Lipinski definition) is 3. The number of aromatic nitrogens is 1. The molecule has 5 nitrogen and oxygen atoms in total. The molecule has 2 rings (SSSR count). The first kappa shape index (κ1) is 13.2. The van der Waals surface area contributed by atoms with Gasteiger partial charge in [-0.2, -0.15) is 0 Å². The first-order chi connectivity index (χ1) is 9.06. The van der Waals surface area contributed by atoms with Crippen molar-refractivity contribution >= 4 is 23.3 Å². The topological polar surface area (TPSA) is 88.2 Å². The lowest BCUT2D eigenvalue weighted by Crippen LogP contribution is -2.22. The molecule has 0 radical (unpaired) electrons. The van der Waals surface area contributed by atoms with Crippen molar-refractivity contribution in [2.45, 2.75) is 0 Å². The SMILES string of the molecule is NC(=O)CNc1ncc(-c2cccc(Cl)c2)cc1O. The van der Waals surface area contributed by atoms with Crippen LogP contribution in [0, 0.1) is 0 Å². The number of amides is 1. The normalized spacial score (nSPS) is 10.2. The molecular weight excluding hydrogens is 266 g/mol. The number of nitrogens with one attached hydrogen (secondary N) is 1. The summed E-state index contributed by atoms with van der Waals surface area (Å²) in [5.41, 5.74) is 6.57. The van der Waals surface area contributed by atoms with Gasteiger partial charge in [-0.25, -0.2) is 4.98 Å². The molecule has 0 aliphatic heterocycles. The summed E-state index contributed by atoms with van der Waals surface area (Å²) >= 11 is 5.90. The minimum Gasteiger partial charge on any atom is -0.504 e. The number of anilines is 1. The van der Waals surface area contributed by atoms with E-state index in [0.717, 1.165) is 11.1 Å². The van der Waals surface area contributed by atoms with Crippen molar-refractivity contribution in [3.8, 4) is 16.9 Å². The van der Waals surface area contributed by atoms with Gasteiger partial charge in [0.25, 0.3) is 0 Å². The van der Waals surface area contributed by atoms with Crippen LogP contribution in [0.2, 0.25) is 5.02 Å². The predicted octanol–water partition coefficient (Wildman–Crippen LogP) is 2.00. The van der Waals surface area contributed by atoms with E-state index in [1.807, 2.05) is 12.1 Å². The molecule has 1 aromatic heterocycles. The Bertz CT molecular complexity index is 617. The minimum atomic E-state index is -0.528. The number of nitrogens with zero attached hydrogens (tertiary/aromatic N) is 1. The van der Waals surface area contributed by atoms with Gasteiger partial charge in [-0.15, -0.1) is 0 Å². The Morgan fingerprint density at radius 3 is 2.79 bits per heavy atom. The lowest BCUT2D eigenvalue weighted by atomic mass is 10.1. The van der Waals surface area contributed by atoms with Crippen molar-refractivity contribution in [3.05, 3.63) is 41.6 Å². The Hall–Kier alpha value is -2.27. The van der Waals surface area contributed by atoms with Gasteiger partial charge in [0, 0.05) is 16.8 Å². The van der Waals surface area contributed by atoms with E-state index in [-0.39, 0.29) is 18.1 Å². The number of carbonyl (C=O) groups excluding carboxylic acids is 1. The maximum Gasteiger partial charge on any atom is 0.236 e. The maximum absolute atomic E-state index is 10.6. The van der Waals surface area contributed by atoms with Crippen LogP contribution in [-0.4, -0.2) is 22.5 Å². The quantitative estimate of drug-likeness (QED) is 0.797. The molecule has 0 atom stereocenters. The summed E-state index contributed by atoms with van der Waals surface area (Å²) in [6.07, 6.45) is 1.58. The van der Waals surface area contributed by atoms with E-state index in [2.05, 4.69) is 10.3 Å². The van der Waals surface area contributed by atoms with Crippen LogP contribution in [0.5, 0.6) is 5.75 Å². The number of primary amides is 1. The van der Waals surface area contributed by atoms with Crippen molar-refractivity contribution in [2.24, 2.45) is 5.73 Å². The highest BCUT2D eigenvalue weighted by Crippen LogP contribution is 2.28. The van der Waals surface area contributed by atoms with Crippen LogP contribution in [0.25, 0.3) is 11.1 Å². The van der Waals surface area contributed by atoms with Gasteiger partial charge in [0.2, 0.25) is 5.91 Å². The molecule has 0 unspecified atom stereocenters.